The van der Waals surface area contributed by atoms with Gasteiger partial charge in [0, 0.05) is 11.4 Å². The average Bonchev–Trinajstić information content (AvgIpc) is 2.37. The fourth-order valence-electron chi connectivity index (χ4n) is 2.71. The van der Waals surface area contributed by atoms with Crippen LogP contribution in [0.2, 0.25) is 0 Å². The molecular formula is C18H17N. The summed E-state index contributed by atoms with van der Waals surface area (Å²) >= 11 is 0. The van der Waals surface area contributed by atoms with E-state index < -0.39 is 0 Å². The molecule has 1 nitrogen and oxygen atoms in total. The van der Waals surface area contributed by atoms with Crippen molar-refractivity contribution in [2.45, 2.75) is 20.8 Å². The molecule has 0 saturated heterocycles. The van der Waals surface area contributed by atoms with Gasteiger partial charge in [-0.25, -0.2) is 0 Å². The molecule has 0 aliphatic rings. The Kier molecular flexibility index (Phi) is 2.83. The molecule has 19 heavy (non-hydrogen) atoms. The van der Waals surface area contributed by atoms with E-state index in [2.05, 4.69) is 60.4 Å². The zero-order chi connectivity index (χ0) is 13.4. The Morgan fingerprint density at radius 2 is 1.37 bits per heavy atom. The number of rotatable bonds is 1. The number of aromatic nitrogens is 1. The summed E-state index contributed by atoms with van der Waals surface area (Å²) in [7, 11) is 0. The lowest BCUT2D eigenvalue weighted by Crippen LogP contribution is -1.89. The van der Waals surface area contributed by atoms with Crippen molar-refractivity contribution in [3.63, 3.8) is 0 Å². The van der Waals surface area contributed by atoms with Gasteiger partial charge in [0.1, 0.15) is 0 Å². The van der Waals surface area contributed by atoms with Crippen LogP contribution >= 0.6 is 0 Å². The van der Waals surface area contributed by atoms with Gasteiger partial charge < -0.3 is 0 Å². The van der Waals surface area contributed by atoms with Crippen LogP contribution in [0, 0.1) is 20.8 Å². The molecule has 0 aliphatic heterocycles. The maximum atomic E-state index is 4.46. The molecule has 0 unspecified atom stereocenters. The molecule has 1 heterocycles. The van der Waals surface area contributed by atoms with Crippen molar-refractivity contribution in [1.29, 1.82) is 0 Å². The molecule has 2 aromatic carbocycles. The minimum atomic E-state index is 1.07. The molecule has 1 aromatic heterocycles. The van der Waals surface area contributed by atoms with Crippen molar-refractivity contribution in [2.24, 2.45) is 0 Å². The first-order valence-electron chi connectivity index (χ1n) is 6.59. The van der Waals surface area contributed by atoms with Gasteiger partial charge in [-0.05, 0) is 60.4 Å². The topological polar surface area (TPSA) is 12.9 Å². The second-order valence-electron chi connectivity index (χ2n) is 5.11. The molecule has 0 amide bonds. The van der Waals surface area contributed by atoms with Gasteiger partial charge in [-0.2, -0.15) is 0 Å². The highest BCUT2D eigenvalue weighted by Crippen LogP contribution is 2.30. The largest absolute Gasteiger partial charge is 0.258 e. The van der Waals surface area contributed by atoms with Crippen molar-refractivity contribution in [1.82, 2.24) is 4.98 Å². The number of pyridine rings is 1. The lowest BCUT2D eigenvalue weighted by atomic mass is 9.96. The van der Waals surface area contributed by atoms with Crippen LogP contribution in [0.4, 0.5) is 0 Å². The molecule has 0 bridgehead atoms. The molecule has 0 saturated carbocycles. The molecule has 0 aliphatic carbocycles. The number of hydrogen-bond donors (Lipinski definition) is 0. The van der Waals surface area contributed by atoms with E-state index in [9.17, 15) is 0 Å². The van der Waals surface area contributed by atoms with Gasteiger partial charge in [0.15, 0.2) is 0 Å². The highest BCUT2D eigenvalue weighted by atomic mass is 14.7. The van der Waals surface area contributed by atoms with E-state index in [1.165, 1.54) is 27.5 Å². The van der Waals surface area contributed by atoms with Crippen LogP contribution < -0.4 is 0 Å². The highest BCUT2D eigenvalue weighted by Gasteiger charge is 2.06. The first-order chi connectivity index (χ1) is 9.15. The van der Waals surface area contributed by atoms with Gasteiger partial charge in [-0.15, -0.1) is 0 Å². The van der Waals surface area contributed by atoms with E-state index >= 15 is 0 Å². The van der Waals surface area contributed by atoms with Crippen molar-refractivity contribution in [3.8, 4) is 11.1 Å². The summed E-state index contributed by atoms with van der Waals surface area (Å²) in [4.78, 5) is 4.46. The Bertz CT molecular complexity index is 736. The summed E-state index contributed by atoms with van der Waals surface area (Å²) in [5.41, 5.74) is 6.00. The van der Waals surface area contributed by atoms with E-state index in [0.717, 1.165) is 11.4 Å². The Morgan fingerprint density at radius 3 is 2.11 bits per heavy atom. The third-order valence-electron chi connectivity index (χ3n) is 3.53. The molecule has 0 fully saturated rings. The van der Waals surface area contributed by atoms with E-state index in [1.807, 2.05) is 13.8 Å². The van der Waals surface area contributed by atoms with Gasteiger partial charge >= 0.3 is 0 Å². The van der Waals surface area contributed by atoms with Crippen molar-refractivity contribution >= 4 is 10.8 Å². The summed E-state index contributed by atoms with van der Waals surface area (Å²) in [6.07, 6.45) is 0. The van der Waals surface area contributed by atoms with Crippen LogP contribution in [-0.2, 0) is 0 Å². The highest BCUT2D eigenvalue weighted by molar-refractivity contribution is 5.98. The molecule has 0 spiro atoms. The number of nitrogens with zero attached hydrogens (tertiary/aromatic N) is 1. The fourth-order valence-corrected chi connectivity index (χ4v) is 2.71. The minimum Gasteiger partial charge on any atom is -0.258 e. The molecule has 94 valence electrons. The third kappa shape index (κ3) is 2.12. The molecule has 0 N–H and O–H groups in total. The van der Waals surface area contributed by atoms with Crippen LogP contribution in [0.3, 0.4) is 0 Å². The Balaban J connectivity index is 2.33. The SMILES string of the molecule is Cc1cc(-c2cccc3c(C)cccc23)cc(C)n1. The molecule has 0 atom stereocenters. The number of benzene rings is 2. The normalized spacial score (nSPS) is 10.9. The molecule has 0 radical (unpaired) electrons. The van der Waals surface area contributed by atoms with E-state index in [-0.39, 0.29) is 0 Å². The van der Waals surface area contributed by atoms with Gasteiger partial charge in [-0.3, -0.25) is 4.98 Å². The third-order valence-corrected chi connectivity index (χ3v) is 3.53. The maximum absolute atomic E-state index is 4.46. The van der Waals surface area contributed by atoms with Crippen molar-refractivity contribution < 1.29 is 0 Å². The number of fused-ring (bicyclic) bond motifs is 1. The number of aryl methyl sites for hydroxylation is 3. The standard InChI is InChI=1S/C18H17N/c1-12-6-4-9-18-16(12)7-5-8-17(18)15-10-13(2)19-14(3)11-15/h4-11H,1-3H3. The number of hydrogen-bond acceptors (Lipinski definition) is 1. The fraction of sp³-hybridized carbons (Fsp3) is 0.167. The Morgan fingerprint density at radius 1 is 0.737 bits per heavy atom. The van der Waals surface area contributed by atoms with Gasteiger partial charge in [-0.1, -0.05) is 36.4 Å². The van der Waals surface area contributed by atoms with Crippen LogP contribution in [0.25, 0.3) is 21.9 Å². The first-order valence-corrected chi connectivity index (χ1v) is 6.59. The minimum absolute atomic E-state index is 1.07. The molecule has 3 rings (SSSR count). The van der Waals surface area contributed by atoms with Gasteiger partial charge in [0.05, 0.1) is 0 Å². The van der Waals surface area contributed by atoms with Crippen LogP contribution in [0.1, 0.15) is 17.0 Å². The summed E-state index contributed by atoms with van der Waals surface area (Å²) in [5, 5.41) is 2.64. The second kappa shape index (κ2) is 4.51. The van der Waals surface area contributed by atoms with E-state index in [4.69, 9.17) is 0 Å². The Hall–Kier alpha value is -2.15. The van der Waals surface area contributed by atoms with E-state index in [1.54, 1.807) is 0 Å². The first kappa shape index (κ1) is 11.9. The summed E-state index contributed by atoms with van der Waals surface area (Å²) in [5.74, 6) is 0. The summed E-state index contributed by atoms with van der Waals surface area (Å²) in [6, 6.07) is 17.3. The predicted molar refractivity (Wildman–Crippen MR) is 81.4 cm³/mol. The summed E-state index contributed by atoms with van der Waals surface area (Å²) < 4.78 is 0. The van der Waals surface area contributed by atoms with Crippen LogP contribution in [-0.4, -0.2) is 4.98 Å². The molecule has 1 heteroatoms. The molecule has 3 aromatic rings. The van der Waals surface area contributed by atoms with Crippen molar-refractivity contribution in [3.05, 3.63) is 65.5 Å². The smallest absolute Gasteiger partial charge is 0.0382 e. The van der Waals surface area contributed by atoms with E-state index in [0.29, 0.717) is 0 Å². The molecular weight excluding hydrogens is 230 g/mol. The van der Waals surface area contributed by atoms with Crippen LogP contribution in [0.15, 0.2) is 48.5 Å². The van der Waals surface area contributed by atoms with Crippen molar-refractivity contribution in [2.75, 3.05) is 0 Å². The lowest BCUT2D eigenvalue weighted by Gasteiger charge is -2.10. The maximum Gasteiger partial charge on any atom is 0.0382 e. The Labute approximate surface area is 113 Å². The monoisotopic (exact) mass is 247 g/mol. The van der Waals surface area contributed by atoms with Gasteiger partial charge in [0.2, 0.25) is 0 Å². The average molecular weight is 247 g/mol. The van der Waals surface area contributed by atoms with Crippen LogP contribution in [0.5, 0.6) is 0 Å². The van der Waals surface area contributed by atoms with Gasteiger partial charge in [0.25, 0.3) is 0 Å². The zero-order valence-electron chi connectivity index (χ0n) is 11.6. The summed E-state index contributed by atoms with van der Waals surface area (Å²) in [6.45, 7) is 6.26. The zero-order valence-corrected chi connectivity index (χ0v) is 11.6. The quantitative estimate of drug-likeness (QED) is 0.600. The second-order valence-corrected chi connectivity index (χ2v) is 5.11. The lowest BCUT2D eigenvalue weighted by molar-refractivity contribution is 1.12. The predicted octanol–water partition coefficient (Wildman–Crippen LogP) is 4.83.